The van der Waals surface area contributed by atoms with E-state index in [9.17, 15) is 9.59 Å². The Labute approximate surface area is 256 Å². The van der Waals surface area contributed by atoms with Crippen LogP contribution in [0, 0.1) is 0 Å². The molecule has 3 aromatic rings. The SMILES string of the molecule is O=C1S/C(=C\c2ccc(Oc3nc(N4CCOCC4)nc(N4CCOCC4)n3)cc2)C(=O)N1Cc1ccc(Cl)cc1Cl. The fourth-order valence-corrected chi connectivity index (χ4v) is 5.84. The van der Waals surface area contributed by atoms with E-state index >= 15 is 0 Å². The highest BCUT2D eigenvalue weighted by molar-refractivity contribution is 8.18. The average molecular weight is 630 g/mol. The van der Waals surface area contributed by atoms with Gasteiger partial charge in [0.25, 0.3) is 11.1 Å². The van der Waals surface area contributed by atoms with Crippen molar-refractivity contribution in [1.29, 1.82) is 0 Å². The second kappa shape index (κ2) is 12.8. The van der Waals surface area contributed by atoms with E-state index in [0.29, 0.717) is 90.8 Å². The third kappa shape index (κ3) is 6.63. The monoisotopic (exact) mass is 628 g/mol. The van der Waals surface area contributed by atoms with Crippen molar-refractivity contribution >= 4 is 64.1 Å². The number of anilines is 2. The summed E-state index contributed by atoms with van der Waals surface area (Å²) in [4.78, 5) is 45.1. The number of imide groups is 1. The van der Waals surface area contributed by atoms with Gasteiger partial charge in [-0.15, -0.1) is 0 Å². The first-order valence-electron chi connectivity index (χ1n) is 13.3. The van der Waals surface area contributed by atoms with E-state index in [1.165, 1.54) is 4.90 Å². The van der Waals surface area contributed by atoms with Gasteiger partial charge in [0, 0.05) is 36.2 Å². The summed E-state index contributed by atoms with van der Waals surface area (Å²) in [6.07, 6.45) is 1.67. The lowest BCUT2D eigenvalue weighted by molar-refractivity contribution is -0.123. The van der Waals surface area contributed by atoms with Crippen molar-refractivity contribution < 1.29 is 23.8 Å². The summed E-state index contributed by atoms with van der Waals surface area (Å²) < 4.78 is 17.0. The van der Waals surface area contributed by atoms with Crippen LogP contribution >= 0.6 is 35.0 Å². The normalized spacial score (nSPS) is 18.7. The van der Waals surface area contributed by atoms with Gasteiger partial charge in [-0.05, 0) is 53.2 Å². The molecule has 4 heterocycles. The quantitative estimate of drug-likeness (QED) is 0.334. The molecule has 3 fully saturated rings. The fourth-order valence-electron chi connectivity index (χ4n) is 4.54. The van der Waals surface area contributed by atoms with Crippen LogP contribution in [0.3, 0.4) is 0 Å². The van der Waals surface area contributed by atoms with Crippen LogP contribution in [-0.4, -0.2) is 83.6 Å². The molecule has 6 rings (SSSR count). The van der Waals surface area contributed by atoms with Crippen LogP contribution in [0.15, 0.2) is 47.4 Å². The van der Waals surface area contributed by atoms with Crippen molar-refractivity contribution in [2.45, 2.75) is 6.54 Å². The fraction of sp³-hybridized carbons (Fsp3) is 0.321. The molecule has 0 saturated carbocycles. The van der Waals surface area contributed by atoms with Gasteiger partial charge in [-0.25, -0.2) is 0 Å². The van der Waals surface area contributed by atoms with Crippen LogP contribution in [-0.2, 0) is 20.8 Å². The molecular formula is C28H26Cl2N6O5S. The number of hydrogen-bond acceptors (Lipinski definition) is 11. The Morgan fingerprint density at radius 3 is 2.07 bits per heavy atom. The predicted octanol–water partition coefficient (Wildman–Crippen LogP) is 4.88. The number of amides is 2. The standard InChI is InChI=1S/C28H26Cl2N6O5S/c29-20-4-3-19(22(30)16-20)17-36-24(37)23(42-28(36)38)15-18-1-5-21(6-2-18)41-27-32-25(34-7-11-39-12-8-34)31-26(33-27)35-9-13-40-14-10-35/h1-6,15-16H,7-14,17H2/b23-15-. The van der Waals surface area contributed by atoms with Gasteiger partial charge < -0.3 is 24.0 Å². The molecule has 1 aromatic heterocycles. The highest BCUT2D eigenvalue weighted by Crippen LogP contribution is 2.35. The van der Waals surface area contributed by atoms with Crippen LogP contribution in [0.5, 0.6) is 11.8 Å². The number of thioether (sulfide) groups is 1. The lowest BCUT2D eigenvalue weighted by Crippen LogP contribution is -2.40. The molecule has 0 radical (unpaired) electrons. The summed E-state index contributed by atoms with van der Waals surface area (Å²) >= 11 is 13.1. The van der Waals surface area contributed by atoms with Crippen molar-refractivity contribution in [3.8, 4) is 11.8 Å². The topological polar surface area (TPSA) is 110 Å². The van der Waals surface area contributed by atoms with Crippen molar-refractivity contribution in [1.82, 2.24) is 19.9 Å². The lowest BCUT2D eigenvalue weighted by atomic mass is 10.2. The van der Waals surface area contributed by atoms with Gasteiger partial charge in [0.05, 0.1) is 37.9 Å². The number of hydrogen-bond donors (Lipinski definition) is 0. The zero-order chi connectivity index (χ0) is 29.1. The molecule has 2 amide bonds. The van der Waals surface area contributed by atoms with Gasteiger partial charge in [-0.3, -0.25) is 14.5 Å². The van der Waals surface area contributed by atoms with Gasteiger partial charge in [-0.2, -0.15) is 15.0 Å². The molecule has 0 N–H and O–H groups in total. The maximum absolute atomic E-state index is 13.0. The second-order valence-corrected chi connectivity index (χ2v) is 11.4. The Morgan fingerprint density at radius 2 is 1.48 bits per heavy atom. The molecular weight excluding hydrogens is 603 g/mol. The molecule has 0 aliphatic carbocycles. The van der Waals surface area contributed by atoms with E-state index < -0.39 is 0 Å². The van der Waals surface area contributed by atoms with Gasteiger partial charge in [0.2, 0.25) is 11.9 Å². The molecule has 0 spiro atoms. The highest BCUT2D eigenvalue weighted by atomic mass is 35.5. The smallest absolute Gasteiger partial charge is 0.328 e. The van der Waals surface area contributed by atoms with E-state index in [1.54, 1.807) is 48.5 Å². The number of benzene rings is 2. The van der Waals surface area contributed by atoms with Crippen LogP contribution in [0.1, 0.15) is 11.1 Å². The first-order valence-corrected chi connectivity index (χ1v) is 14.9. The van der Waals surface area contributed by atoms with E-state index in [2.05, 4.69) is 19.8 Å². The van der Waals surface area contributed by atoms with Gasteiger partial charge in [0.1, 0.15) is 5.75 Å². The van der Waals surface area contributed by atoms with E-state index in [0.717, 1.165) is 17.3 Å². The Morgan fingerprint density at radius 1 is 0.857 bits per heavy atom. The predicted molar refractivity (Wildman–Crippen MR) is 160 cm³/mol. The lowest BCUT2D eigenvalue weighted by Gasteiger charge is -2.30. The van der Waals surface area contributed by atoms with Crippen molar-refractivity contribution in [2.75, 3.05) is 62.4 Å². The van der Waals surface area contributed by atoms with Crippen LogP contribution in [0.4, 0.5) is 16.7 Å². The van der Waals surface area contributed by atoms with E-state index in [4.69, 9.17) is 42.4 Å². The minimum atomic E-state index is -0.382. The molecule has 3 saturated heterocycles. The summed E-state index contributed by atoms with van der Waals surface area (Å²) in [6.45, 7) is 5.19. The number of nitrogens with zero attached hydrogens (tertiary/aromatic N) is 6. The number of halogens is 2. The highest BCUT2D eigenvalue weighted by Gasteiger charge is 2.35. The zero-order valence-electron chi connectivity index (χ0n) is 22.4. The van der Waals surface area contributed by atoms with Crippen LogP contribution in [0.2, 0.25) is 10.0 Å². The number of aromatic nitrogens is 3. The molecule has 3 aliphatic heterocycles. The first kappa shape index (κ1) is 28.7. The van der Waals surface area contributed by atoms with Crippen molar-refractivity contribution in [3.63, 3.8) is 0 Å². The van der Waals surface area contributed by atoms with Crippen molar-refractivity contribution in [3.05, 3.63) is 68.5 Å². The summed E-state index contributed by atoms with van der Waals surface area (Å²) in [6, 6.07) is 12.3. The number of rotatable bonds is 7. The number of carbonyl (C=O) groups is 2. The summed E-state index contributed by atoms with van der Waals surface area (Å²) in [5.74, 6) is 1.21. The number of carbonyl (C=O) groups excluding carboxylic acids is 2. The number of ether oxygens (including phenoxy) is 3. The van der Waals surface area contributed by atoms with Gasteiger partial charge in [-0.1, -0.05) is 41.4 Å². The summed E-state index contributed by atoms with van der Waals surface area (Å²) in [5, 5.41) is 0.517. The van der Waals surface area contributed by atoms with E-state index in [1.807, 2.05) is 0 Å². The van der Waals surface area contributed by atoms with Gasteiger partial charge >= 0.3 is 6.01 Å². The molecule has 0 bridgehead atoms. The molecule has 0 unspecified atom stereocenters. The average Bonchev–Trinajstić information content (AvgIpc) is 3.27. The Hall–Kier alpha value is -3.42. The van der Waals surface area contributed by atoms with Crippen molar-refractivity contribution in [2.24, 2.45) is 0 Å². The summed E-state index contributed by atoms with van der Waals surface area (Å²) in [5.41, 5.74) is 1.37. The molecule has 3 aliphatic rings. The maximum atomic E-state index is 13.0. The number of morpholine rings is 2. The maximum Gasteiger partial charge on any atom is 0.328 e. The molecule has 2 aromatic carbocycles. The van der Waals surface area contributed by atoms with Crippen LogP contribution in [0.25, 0.3) is 6.08 Å². The van der Waals surface area contributed by atoms with Crippen LogP contribution < -0.4 is 14.5 Å². The Kier molecular flexibility index (Phi) is 8.77. The third-order valence-electron chi connectivity index (χ3n) is 6.78. The third-order valence-corrected chi connectivity index (χ3v) is 8.28. The van der Waals surface area contributed by atoms with E-state index in [-0.39, 0.29) is 23.7 Å². The second-order valence-electron chi connectivity index (χ2n) is 9.59. The molecule has 14 heteroatoms. The summed E-state index contributed by atoms with van der Waals surface area (Å²) in [7, 11) is 0. The molecule has 42 heavy (non-hydrogen) atoms. The minimum absolute atomic E-state index is 0.0651. The molecule has 11 nitrogen and oxygen atoms in total. The first-order chi connectivity index (χ1) is 20.4. The van der Waals surface area contributed by atoms with Gasteiger partial charge in [0.15, 0.2) is 0 Å². The Balaban J connectivity index is 1.17. The minimum Gasteiger partial charge on any atom is -0.424 e. The largest absolute Gasteiger partial charge is 0.424 e. The molecule has 218 valence electrons. The Bertz CT molecular complexity index is 1480. The zero-order valence-corrected chi connectivity index (χ0v) is 24.7. The molecule has 0 atom stereocenters.